The van der Waals surface area contributed by atoms with E-state index in [9.17, 15) is 14.0 Å². The molecule has 1 atom stereocenters. The number of hydrogen-bond donors (Lipinski definition) is 2. The van der Waals surface area contributed by atoms with Crippen LogP contribution < -0.4 is 10.1 Å². The molecule has 1 unspecified atom stereocenters. The van der Waals surface area contributed by atoms with Crippen LogP contribution in [0.1, 0.15) is 32.2 Å². The van der Waals surface area contributed by atoms with E-state index in [0.29, 0.717) is 19.0 Å². The number of carboxylic acid groups (broad SMARTS) is 1. The zero-order valence-corrected chi connectivity index (χ0v) is 14.0. The van der Waals surface area contributed by atoms with E-state index in [4.69, 9.17) is 14.6 Å². The van der Waals surface area contributed by atoms with E-state index < -0.39 is 17.7 Å². The van der Waals surface area contributed by atoms with Crippen molar-refractivity contribution in [1.82, 2.24) is 0 Å². The van der Waals surface area contributed by atoms with Gasteiger partial charge in [-0.3, -0.25) is 4.79 Å². The lowest BCUT2D eigenvalue weighted by molar-refractivity contribution is 0.0681. The maximum Gasteiger partial charge on any atom is 0.345 e. The van der Waals surface area contributed by atoms with Gasteiger partial charge in [0.05, 0.1) is 16.7 Å². The van der Waals surface area contributed by atoms with E-state index in [-0.39, 0.29) is 21.5 Å². The predicted molar refractivity (Wildman–Crippen MR) is 90.1 cm³/mol. The van der Waals surface area contributed by atoms with E-state index in [1.807, 2.05) is 0 Å². The molecule has 1 saturated heterocycles. The molecule has 0 aliphatic carbocycles. The quantitative estimate of drug-likeness (QED) is 0.820. The van der Waals surface area contributed by atoms with Crippen LogP contribution in [0.2, 0.25) is 0 Å². The van der Waals surface area contributed by atoms with E-state index >= 15 is 0 Å². The Bertz CT molecular complexity index is 785. The minimum atomic E-state index is -1.10. The lowest BCUT2D eigenvalue weighted by Crippen LogP contribution is -2.18. The topological polar surface area (TPSA) is 84.9 Å². The van der Waals surface area contributed by atoms with Gasteiger partial charge >= 0.3 is 5.97 Å². The number of aromatic carboxylic acids is 1. The molecule has 1 aromatic carbocycles. The minimum Gasteiger partial charge on any atom is -0.489 e. The fourth-order valence-electron chi connectivity index (χ4n) is 2.44. The SMILES string of the molecule is O=C(O)c1ccc(C(=O)Nc2cc(F)ccc2OCC2CCCO2)s1. The average molecular weight is 365 g/mol. The number of rotatable bonds is 6. The van der Waals surface area contributed by atoms with Gasteiger partial charge in [0.25, 0.3) is 5.91 Å². The van der Waals surface area contributed by atoms with Gasteiger partial charge < -0.3 is 19.9 Å². The third-order valence-electron chi connectivity index (χ3n) is 3.68. The Morgan fingerprint density at radius 1 is 1.32 bits per heavy atom. The van der Waals surface area contributed by atoms with Crippen molar-refractivity contribution in [1.29, 1.82) is 0 Å². The summed E-state index contributed by atoms with van der Waals surface area (Å²) in [5.74, 6) is -1.81. The van der Waals surface area contributed by atoms with Gasteiger partial charge in [0, 0.05) is 12.7 Å². The number of carbonyl (C=O) groups is 2. The number of halogens is 1. The van der Waals surface area contributed by atoms with Crippen LogP contribution in [-0.2, 0) is 4.74 Å². The van der Waals surface area contributed by atoms with Gasteiger partial charge in [-0.1, -0.05) is 0 Å². The van der Waals surface area contributed by atoms with Gasteiger partial charge in [-0.25, -0.2) is 9.18 Å². The highest BCUT2D eigenvalue weighted by atomic mass is 32.1. The molecule has 1 amide bonds. The summed E-state index contributed by atoms with van der Waals surface area (Å²) in [6.07, 6.45) is 1.87. The van der Waals surface area contributed by atoms with Crippen LogP contribution in [0, 0.1) is 5.82 Å². The average Bonchev–Trinajstić information content (AvgIpc) is 3.26. The summed E-state index contributed by atoms with van der Waals surface area (Å²) in [7, 11) is 0. The molecule has 1 aromatic heterocycles. The maximum atomic E-state index is 13.5. The smallest absolute Gasteiger partial charge is 0.345 e. The first-order chi connectivity index (χ1) is 12.0. The second-order valence-corrected chi connectivity index (χ2v) is 6.59. The molecule has 2 heterocycles. The lowest BCUT2D eigenvalue weighted by Gasteiger charge is -2.15. The molecule has 0 bridgehead atoms. The van der Waals surface area contributed by atoms with E-state index in [1.165, 1.54) is 24.3 Å². The van der Waals surface area contributed by atoms with Crippen molar-refractivity contribution in [3.8, 4) is 5.75 Å². The van der Waals surface area contributed by atoms with Crippen LogP contribution in [0.5, 0.6) is 5.75 Å². The Morgan fingerprint density at radius 2 is 2.12 bits per heavy atom. The summed E-state index contributed by atoms with van der Waals surface area (Å²) in [4.78, 5) is 23.4. The van der Waals surface area contributed by atoms with E-state index in [1.54, 1.807) is 0 Å². The number of carboxylic acids is 1. The molecule has 0 spiro atoms. The molecule has 6 nitrogen and oxygen atoms in total. The number of thiophene rings is 1. The van der Waals surface area contributed by atoms with E-state index in [0.717, 1.165) is 30.2 Å². The van der Waals surface area contributed by atoms with Crippen molar-refractivity contribution >= 4 is 28.9 Å². The van der Waals surface area contributed by atoms with Crippen LogP contribution in [0.25, 0.3) is 0 Å². The van der Waals surface area contributed by atoms with Gasteiger partial charge in [0.1, 0.15) is 23.1 Å². The second kappa shape index (κ2) is 7.62. The number of benzene rings is 1. The van der Waals surface area contributed by atoms with Gasteiger partial charge in [0.2, 0.25) is 0 Å². The van der Waals surface area contributed by atoms with Crippen molar-refractivity contribution in [2.24, 2.45) is 0 Å². The molecule has 2 aromatic rings. The largest absolute Gasteiger partial charge is 0.489 e. The molecular weight excluding hydrogens is 349 g/mol. The summed E-state index contributed by atoms with van der Waals surface area (Å²) in [6.45, 7) is 1.02. The molecule has 25 heavy (non-hydrogen) atoms. The number of hydrogen-bond acceptors (Lipinski definition) is 5. The van der Waals surface area contributed by atoms with Gasteiger partial charge in [-0.05, 0) is 37.1 Å². The van der Waals surface area contributed by atoms with Crippen LogP contribution in [-0.4, -0.2) is 36.3 Å². The predicted octanol–water partition coefficient (Wildman–Crippen LogP) is 3.40. The van der Waals surface area contributed by atoms with Crippen LogP contribution in [0.15, 0.2) is 30.3 Å². The molecule has 1 fully saturated rings. The third-order valence-corrected chi connectivity index (χ3v) is 4.75. The summed E-state index contributed by atoms with van der Waals surface area (Å²) < 4.78 is 24.7. The normalized spacial score (nSPS) is 16.6. The second-order valence-electron chi connectivity index (χ2n) is 5.51. The van der Waals surface area contributed by atoms with E-state index in [2.05, 4.69) is 5.32 Å². The molecule has 0 saturated carbocycles. The van der Waals surface area contributed by atoms with Crippen molar-refractivity contribution in [2.75, 3.05) is 18.5 Å². The Hall–Kier alpha value is -2.45. The molecule has 3 rings (SSSR count). The molecule has 132 valence electrons. The zero-order chi connectivity index (χ0) is 17.8. The van der Waals surface area contributed by atoms with Crippen molar-refractivity contribution in [3.63, 3.8) is 0 Å². The Kier molecular flexibility index (Phi) is 5.30. The fourth-order valence-corrected chi connectivity index (χ4v) is 3.18. The number of ether oxygens (including phenoxy) is 2. The number of nitrogens with one attached hydrogen (secondary N) is 1. The van der Waals surface area contributed by atoms with Gasteiger partial charge in [-0.2, -0.15) is 0 Å². The summed E-state index contributed by atoms with van der Waals surface area (Å²) in [6, 6.07) is 6.61. The highest BCUT2D eigenvalue weighted by Gasteiger charge is 2.19. The van der Waals surface area contributed by atoms with Crippen LogP contribution in [0.3, 0.4) is 0 Å². The molecular formula is C17H16FNO5S. The van der Waals surface area contributed by atoms with Crippen molar-refractivity contribution in [2.45, 2.75) is 18.9 Å². The molecule has 8 heteroatoms. The maximum absolute atomic E-state index is 13.5. The van der Waals surface area contributed by atoms with Crippen LogP contribution >= 0.6 is 11.3 Å². The minimum absolute atomic E-state index is 0.0102. The summed E-state index contributed by atoms with van der Waals surface area (Å²) in [5.41, 5.74) is 0.188. The lowest BCUT2D eigenvalue weighted by atomic mass is 10.2. The Balaban J connectivity index is 1.72. The van der Waals surface area contributed by atoms with Crippen molar-refractivity contribution in [3.05, 3.63) is 45.9 Å². The molecule has 0 radical (unpaired) electrons. The fraction of sp³-hybridized carbons (Fsp3) is 0.294. The zero-order valence-electron chi connectivity index (χ0n) is 13.2. The highest BCUT2D eigenvalue weighted by molar-refractivity contribution is 7.15. The third kappa shape index (κ3) is 4.34. The molecule has 1 aliphatic heterocycles. The first-order valence-corrected chi connectivity index (χ1v) is 8.53. The number of carbonyl (C=O) groups excluding carboxylic acids is 1. The summed E-state index contributed by atoms with van der Waals surface area (Å²) >= 11 is 0.846. The Labute approximate surface area is 147 Å². The van der Waals surface area contributed by atoms with Crippen molar-refractivity contribution < 1.29 is 28.6 Å². The first-order valence-electron chi connectivity index (χ1n) is 7.71. The highest BCUT2D eigenvalue weighted by Crippen LogP contribution is 2.28. The monoisotopic (exact) mass is 365 g/mol. The Morgan fingerprint density at radius 3 is 2.80 bits per heavy atom. The number of anilines is 1. The van der Waals surface area contributed by atoms with Crippen LogP contribution in [0.4, 0.5) is 10.1 Å². The standard InChI is InChI=1S/C17H16FNO5S/c18-10-3-4-13(24-9-11-2-1-7-23-11)12(8-10)19-16(20)14-5-6-15(25-14)17(21)22/h3-6,8,11H,1-2,7,9H2,(H,19,20)(H,21,22). The first kappa shape index (κ1) is 17.4. The number of amides is 1. The molecule has 2 N–H and O–H groups in total. The molecule has 1 aliphatic rings. The van der Waals surface area contributed by atoms with Gasteiger partial charge in [0.15, 0.2) is 0 Å². The van der Waals surface area contributed by atoms with Gasteiger partial charge in [-0.15, -0.1) is 11.3 Å². The summed E-state index contributed by atoms with van der Waals surface area (Å²) in [5, 5.41) is 11.5.